The second-order valence-electron chi connectivity index (χ2n) is 3.82. The Hall–Kier alpha value is -2.49. The first kappa shape index (κ1) is 10.7. The van der Waals surface area contributed by atoms with E-state index in [2.05, 4.69) is 10.1 Å². The van der Waals surface area contributed by atoms with Gasteiger partial charge in [0.25, 0.3) is 0 Å². The zero-order valence-electron chi connectivity index (χ0n) is 9.49. The van der Waals surface area contributed by atoms with E-state index < -0.39 is 0 Å². The van der Waals surface area contributed by atoms with Gasteiger partial charge in [-0.3, -0.25) is 4.98 Å². The summed E-state index contributed by atoms with van der Waals surface area (Å²) in [5, 5.41) is 4.25. The second-order valence-corrected chi connectivity index (χ2v) is 3.82. The fourth-order valence-corrected chi connectivity index (χ4v) is 1.80. The lowest BCUT2D eigenvalue weighted by Gasteiger charge is -2.06. The van der Waals surface area contributed by atoms with E-state index in [0.717, 1.165) is 17.1 Å². The summed E-state index contributed by atoms with van der Waals surface area (Å²) in [7, 11) is 0. The minimum Gasteiger partial charge on any atom is -0.255 e. The van der Waals surface area contributed by atoms with Crippen LogP contribution >= 0.6 is 0 Å². The minimum atomic E-state index is -0.259. The molecular weight excluding hydrogens is 229 g/mol. The summed E-state index contributed by atoms with van der Waals surface area (Å²) in [6, 6.07) is 13.8. The van der Waals surface area contributed by atoms with Crippen LogP contribution in [0.25, 0.3) is 17.1 Å². The maximum Gasteiger partial charge on any atom is 0.123 e. The molecule has 0 amide bonds. The van der Waals surface area contributed by atoms with Crippen molar-refractivity contribution in [1.82, 2.24) is 14.8 Å². The predicted molar refractivity (Wildman–Crippen MR) is 66.8 cm³/mol. The van der Waals surface area contributed by atoms with Gasteiger partial charge >= 0.3 is 0 Å². The summed E-state index contributed by atoms with van der Waals surface area (Å²) in [6.45, 7) is 0. The van der Waals surface area contributed by atoms with E-state index in [0.29, 0.717) is 0 Å². The molecule has 18 heavy (non-hydrogen) atoms. The highest BCUT2D eigenvalue weighted by molar-refractivity contribution is 5.57. The Morgan fingerprint density at radius 3 is 2.44 bits per heavy atom. The number of hydrogen-bond acceptors (Lipinski definition) is 2. The quantitative estimate of drug-likeness (QED) is 0.688. The first-order valence-corrected chi connectivity index (χ1v) is 5.56. The molecule has 3 nitrogen and oxygen atoms in total. The van der Waals surface area contributed by atoms with Crippen LogP contribution in [0.1, 0.15) is 0 Å². The Morgan fingerprint density at radius 1 is 0.889 bits per heavy atom. The normalized spacial score (nSPS) is 10.5. The van der Waals surface area contributed by atoms with Crippen LogP contribution in [0.3, 0.4) is 0 Å². The van der Waals surface area contributed by atoms with E-state index in [9.17, 15) is 4.39 Å². The van der Waals surface area contributed by atoms with Gasteiger partial charge in [0, 0.05) is 6.20 Å². The summed E-state index contributed by atoms with van der Waals surface area (Å²) in [4.78, 5) is 4.29. The van der Waals surface area contributed by atoms with Crippen LogP contribution < -0.4 is 0 Å². The number of rotatable bonds is 2. The molecule has 0 radical (unpaired) electrons. The van der Waals surface area contributed by atoms with Crippen LogP contribution in [0.15, 0.2) is 60.9 Å². The van der Waals surface area contributed by atoms with Crippen molar-refractivity contribution in [2.45, 2.75) is 0 Å². The average Bonchev–Trinajstić information content (AvgIpc) is 2.90. The number of nitrogens with zero attached hydrogens (tertiary/aromatic N) is 3. The predicted octanol–water partition coefficient (Wildman–Crippen LogP) is 3.07. The fraction of sp³-hybridized carbons (Fsp3) is 0. The standard InChI is InChI=1S/C14H10FN3/c15-11-4-6-12(7-5-11)18-14(8-10-17-18)13-3-1-2-9-16-13/h1-10H. The minimum absolute atomic E-state index is 0.259. The van der Waals surface area contributed by atoms with Crippen molar-refractivity contribution in [1.29, 1.82) is 0 Å². The lowest BCUT2D eigenvalue weighted by molar-refractivity contribution is 0.627. The van der Waals surface area contributed by atoms with E-state index in [-0.39, 0.29) is 5.82 Å². The zero-order chi connectivity index (χ0) is 12.4. The van der Waals surface area contributed by atoms with Gasteiger partial charge in [-0.05, 0) is 42.5 Å². The average molecular weight is 239 g/mol. The van der Waals surface area contributed by atoms with Gasteiger partial charge in [-0.15, -0.1) is 0 Å². The monoisotopic (exact) mass is 239 g/mol. The van der Waals surface area contributed by atoms with Crippen molar-refractivity contribution in [2.24, 2.45) is 0 Å². The Bertz CT molecular complexity index is 644. The first-order valence-electron chi connectivity index (χ1n) is 5.56. The molecule has 0 atom stereocenters. The van der Waals surface area contributed by atoms with Gasteiger partial charge in [-0.25, -0.2) is 9.07 Å². The lowest BCUT2D eigenvalue weighted by Crippen LogP contribution is -1.99. The van der Waals surface area contributed by atoms with Gasteiger partial charge < -0.3 is 0 Å². The number of pyridine rings is 1. The number of aromatic nitrogens is 3. The van der Waals surface area contributed by atoms with Crippen LogP contribution in [0, 0.1) is 5.82 Å². The van der Waals surface area contributed by atoms with Gasteiger partial charge in [-0.2, -0.15) is 5.10 Å². The Morgan fingerprint density at radius 2 is 1.72 bits per heavy atom. The van der Waals surface area contributed by atoms with Crippen molar-refractivity contribution in [3.05, 3.63) is 66.7 Å². The van der Waals surface area contributed by atoms with Crippen molar-refractivity contribution in [3.63, 3.8) is 0 Å². The van der Waals surface area contributed by atoms with Gasteiger partial charge in [0.15, 0.2) is 0 Å². The molecule has 1 aromatic carbocycles. The highest BCUT2D eigenvalue weighted by Crippen LogP contribution is 2.20. The van der Waals surface area contributed by atoms with Crippen molar-refractivity contribution >= 4 is 0 Å². The van der Waals surface area contributed by atoms with Crippen molar-refractivity contribution in [3.8, 4) is 17.1 Å². The molecule has 88 valence electrons. The van der Waals surface area contributed by atoms with E-state index in [1.807, 2.05) is 24.3 Å². The molecule has 0 fully saturated rings. The van der Waals surface area contributed by atoms with E-state index in [4.69, 9.17) is 0 Å². The molecule has 2 heterocycles. The summed E-state index contributed by atoms with van der Waals surface area (Å²) in [5.41, 5.74) is 2.52. The third kappa shape index (κ3) is 1.88. The molecule has 3 aromatic rings. The van der Waals surface area contributed by atoms with E-state index in [1.165, 1.54) is 12.1 Å². The summed E-state index contributed by atoms with van der Waals surface area (Å²) < 4.78 is 14.6. The molecule has 0 bridgehead atoms. The molecular formula is C14H10FN3. The Labute approximate surface area is 104 Å². The second kappa shape index (κ2) is 4.41. The number of benzene rings is 1. The maximum atomic E-state index is 12.9. The van der Waals surface area contributed by atoms with Crippen LogP contribution in [0.4, 0.5) is 4.39 Å². The van der Waals surface area contributed by atoms with Gasteiger partial charge in [-0.1, -0.05) is 6.07 Å². The van der Waals surface area contributed by atoms with Crippen LogP contribution in [0.2, 0.25) is 0 Å². The maximum absolute atomic E-state index is 12.9. The largest absolute Gasteiger partial charge is 0.255 e. The molecule has 2 aromatic heterocycles. The highest BCUT2D eigenvalue weighted by atomic mass is 19.1. The molecule has 3 rings (SSSR count). The third-order valence-electron chi connectivity index (χ3n) is 2.64. The lowest BCUT2D eigenvalue weighted by atomic mass is 10.2. The molecule has 0 saturated heterocycles. The number of hydrogen-bond donors (Lipinski definition) is 0. The van der Waals surface area contributed by atoms with Gasteiger partial charge in [0.05, 0.1) is 23.3 Å². The smallest absolute Gasteiger partial charge is 0.123 e. The van der Waals surface area contributed by atoms with Crippen LogP contribution in [0.5, 0.6) is 0 Å². The molecule has 0 N–H and O–H groups in total. The fourth-order valence-electron chi connectivity index (χ4n) is 1.80. The van der Waals surface area contributed by atoms with Crippen molar-refractivity contribution in [2.75, 3.05) is 0 Å². The Kier molecular flexibility index (Phi) is 2.61. The topological polar surface area (TPSA) is 30.7 Å². The summed E-state index contributed by atoms with van der Waals surface area (Å²) in [6.07, 6.45) is 3.44. The number of halogens is 1. The zero-order valence-corrected chi connectivity index (χ0v) is 9.49. The Balaban J connectivity index is 2.10. The highest BCUT2D eigenvalue weighted by Gasteiger charge is 2.07. The summed E-state index contributed by atoms with van der Waals surface area (Å²) >= 11 is 0. The van der Waals surface area contributed by atoms with E-state index >= 15 is 0 Å². The van der Waals surface area contributed by atoms with Gasteiger partial charge in [0.2, 0.25) is 0 Å². The molecule has 0 aliphatic carbocycles. The molecule has 0 aliphatic rings. The first-order chi connectivity index (χ1) is 8.84. The van der Waals surface area contributed by atoms with Crippen molar-refractivity contribution < 1.29 is 4.39 Å². The van der Waals surface area contributed by atoms with Crippen LogP contribution in [-0.4, -0.2) is 14.8 Å². The van der Waals surface area contributed by atoms with Gasteiger partial charge in [0.1, 0.15) is 5.82 Å². The summed E-state index contributed by atoms with van der Waals surface area (Å²) in [5.74, 6) is -0.259. The molecule has 0 spiro atoms. The molecule has 4 heteroatoms. The third-order valence-corrected chi connectivity index (χ3v) is 2.64. The molecule has 0 unspecified atom stereocenters. The van der Waals surface area contributed by atoms with E-state index in [1.54, 1.807) is 29.2 Å². The molecule has 0 saturated carbocycles. The SMILES string of the molecule is Fc1ccc(-n2nccc2-c2ccccn2)cc1. The molecule has 0 aliphatic heterocycles. The van der Waals surface area contributed by atoms with Crippen LogP contribution in [-0.2, 0) is 0 Å².